The number of pyridine rings is 2. The molecular weight excluding hydrogens is 583 g/mol. The number of halogens is 1. The van der Waals surface area contributed by atoms with Crippen LogP contribution in [0.3, 0.4) is 0 Å². The molecule has 2 heterocycles. The molecule has 0 aliphatic carbocycles. The van der Waals surface area contributed by atoms with Gasteiger partial charge in [-0.25, -0.2) is 4.57 Å². The molecule has 0 aliphatic rings. The van der Waals surface area contributed by atoms with Gasteiger partial charge in [0.2, 0.25) is 0 Å². The third kappa shape index (κ3) is 18.9. The number of rotatable bonds is 24. The van der Waals surface area contributed by atoms with E-state index in [1.807, 2.05) is 6.07 Å². The summed E-state index contributed by atoms with van der Waals surface area (Å²) in [5.41, 5.74) is 2.65. The van der Waals surface area contributed by atoms with Crippen molar-refractivity contribution >= 4 is 0 Å². The van der Waals surface area contributed by atoms with E-state index in [4.69, 9.17) is 5.11 Å². The third-order valence-corrected chi connectivity index (χ3v) is 7.51. The lowest BCUT2D eigenvalue weighted by atomic mass is 10.0. The Balaban J connectivity index is 0.00000722. The van der Waals surface area contributed by atoms with E-state index in [0.29, 0.717) is 6.61 Å². The van der Waals surface area contributed by atoms with Crippen LogP contribution in [0.4, 0.5) is 0 Å². The van der Waals surface area contributed by atoms with Crippen molar-refractivity contribution in [2.45, 2.75) is 141 Å². The number of aliphatic hydroxyl groups is 1. The van der Waals surface area contributed by atoms with Crippen LogP contribution in [0.15, 0.2) is 49.1 Å². The molecular formula is C33H55IN2O2. The summed E-state index contributed by atoms with van der Waals surface area (Å²) in [6, 6.07) is 8.41. The van der Waals surface area contributed by atoms with Gasteiger partial charge in [-0.15, -0.1) is 0 Å². The molecule has 2 aromatic rings. The van der Waals surface area contributed by atoms with Gasteiger partial charge in [-0.1, -0.05) is 89.9 Å². The van der Waals surface area contributed by atoms with Crippen molar-refractivity contribution in [2.24, 2.45) is 0 Å². The van der Waals surface area contributed by atoms with Gasteiger partial charge in [0.15, 0.2) is 24.8 Å². The Bertz CT molecular complexity index is 802. The molecule has 0 fully saturated rings. The largest absolute Gasteiger partial charge is 1.00 e. The van der Waals surface area contributed by atoms with Gasteiger partial charge >= 0.3 is 0 Å². The second kappa shape index (κ2) is 24.8. The van der Waals surface area contributed by atoms with Crippen LogP contribution in [0.1, 0.15) is 133 Å². The topological polar surface area (TPSA) is 51.0 Å². The summed E-state index contributed by atoms with van der Waals surface area (Å²) in [5, 5.41) is 20.1. The molecule has 0 aliphatic heterocycles. The predicted molar refractivity (Wildman–Crippen MR) is 154 cm³/mol. The molecule has 4 nitrogen and oxygen atoms in total. The van der Waals surface area contributed by atoms with Gasteiger partial charge in [0, 0.05) is 36.3 Å². The Kier molecular flexibility index (Phi) is 22.7. The summed E-state index contributed by atoms with van der Waals surface area (Å²) >= 11 is 0. The van der Waals surface area contributed by atoms with Crippen LogP contribution in [0.5, 0.6) is 0 Å². The van der Waals surface area contributed by atoms with Crippen molar-refractivity contribution in [1.82, 2.24) is 0 Å². The van der Waals surface area contributed by atoms with Gasteiger partial charge in [0.1, 0.15) is 6.54 Å². The van der Waals surface area contributed by atoms with E-state index in [1.54, 1.807) is 12.4 Å². The monoisotopic (exact) mass is 638 g/mol. The highest BCUT2D eigenvalue weighted by molar-refractivity contribution is 5.05. The normalized spacial score (nSPS) is 11.0. The van der Waals surface area contributed by atoms with Gasteiger partial charge in [-0.3, -0.25) is 0 Å². The number of hydrogen-bond acceptors (Lipinski definition) is 2. The molecule has 216 valence electrons. The number of aromatic nitrogens is 2. The highest BCUT2D eigenvalue weighted by Gasteiger charge is 2.04. The van der Waals surface area contributed by atoms with Gasteiger partial charge in [-0.05, 0) is 50.7 Å². The van der Waals surface area contributed by atoms with Gasteiger partial charge in [0.05, 0.1) is 0 Å². The molecule has 0 saturated heterocycles. The smallest absolute Gasteiger partial charge is 0.183 e. The average Bonchev–Trinajstić information content (AvgIpc) is 2.90. The molecule has 38 heavy (non-hydrogen) atoms. The van der Waals surface area contributed by atoms with Crippen molar-refractivity contribution in [1.29, 1.82) is 0 Å². The van der Waals surface area contributed by atoms with Crippen LogP contribution in [0.2, 0.25) is 0 Å². The maximum atomic E-state index is 11.3. The first-order valence-corrected chi connectivity index (χ1v) is 15.5. The minimum absolute atomic E-state index is 0. The fraction of sp³-hybridized carbons (Fsp3) is 0.697. The zero-order valence-electron chi connectivity index (χ0n) is 24.0. The van der Waals surface area contributed by atoms with Crippen LogP contribution in [-0.4, -0.2) is 11.7 Å². The van der Waals surface area contributed by atoms with Gasteiger partial charge in [0.25, 0.3) is 0 Å². The SMILES string of the molecule is [I-].[O-][n+]1cccc(CCCCCCCCCCC[n+]2cccc(CCCCCCCCCCCCO)c2)c1. The minimum Gasteiger partial charge on any atom is -1.00 e. The molecule has 5 heteroatoms. The van der Waals surface area contributed by atoms with E-state index in [2.05, 4.69) is 35.2 Å². The predicted octanol–water partition coefficient (Wildman–Crippen LogP) is 4.80. The highest BCUT2D eigenvalue weighted by Crippen LogP contribution is 2.13. The van der Waals surface area contributed by atoms with E-state index in [9.17, 15) is 5.21 Å². The lowest BCUT2D eigenvalue weighted by molar-refractivity contribution is -0.697. The second-order valence-electron chi connectivity index (χ2n) is 11.0. The summed E-state index contributed by atoms with van der Waals surface area (Å²) in [5.74, 6) is 0. The zero-order chi connectivity index (χ0) is 26.2. The van der Waals surface area contributed by atoms with Crippen LogP contribution >= 0.6 is 0 Å². The first kappa shape index (κ1) is 34.8. The van der Waals surface area contributed by atoms with Crippen molar-refractivity contribution < 1.29 is 38.4 Å². The minimum atomic E-state index is 0. The molecule has 0 aromatic carbocycles. The van der Waals surface area contributed by atoms with E-state index < -0.39 is 0 Å². The van der Waals surface area contributed by atoms with E-state index in [-0.39, 0.29) is 24.0 Å². The summed E-state index contributed by atoms with van der Waals surface area (Å²) in [7, 11) is 0. The highest BCUT2D eigenvalue weighted by atomic mass is 127. The number of hydrogen-bond donors (Lipinski definition) is 1. The first-order valence-electron chi connectivity index (χ1n) is 15.5. The summed E-state index contributed by atoms with van der Waals surface area (Å²) in [6.07, 6.45) is 34.9. The summed E-state index contributed by atoms with van der Waals surface area (Å²) < 4.78 is 3.30. The Morgan fingerprint density at radius 3 is 1.45 bits per heavy atom. The van der Waals surface area contributed by atoms with Crippen molar-refractivity contribution in [3.63, 3.8) is 0 Å². The van der Waals surface area contributed by atoms with E-state index in [1.165, 1.54) is 128 Å². The molecule has 1 N–H and O–H groups in total. The number of aryl methyl sites for hydroxylation is 3. The average molecular weight is 639 g/mol. The zero-order valence-corrected chi connectivity index (χ0v) is 26.2. The molecule has 0 amide bonds. The van der Waals surface area contributed by atoms with Crippen LogP contribution in [-0.2, 0) is 19.4 Å². The van der Waals surface area contributed by atoms with Gasteiger partial charge in [-0.2, -0.15) is 4.73 Å². The standard InChI is InChI=1S/C33H55N2O2.HI/c36-29-19-15-11-7-2-1-4-8-12-16-22-32-24-20-27-34(30-32)26-18-14-10-6-3-5-9-13-17-23-33-25-21-28-35(37)31-33;/h20-21,24-25,27-28,30-31,36H,1-19,22-23,26,29H2;1H/q+1;/p-1. The molecule has 2 rings (SSSR count). The molecule has 0 saturated carbocycles. The molecule has 0 spiro atoms. The lowest BCUT2D eigenvalue weighted by Gasteiger charge is -2.04. The van der Waals surface area contributed by atoms with Crippen LogP contribution in [0, 0.1) is 5.21 Å². The molecule has 0 unspecified atom stereocenters. The third-order valence-electron chi connectivity index (χ3n) is 7.51. The summed E-state index contributed by atoms with van der Waals surface area (Å²) in [6.45, 7) is 1.50. The van der Waals surface area contributed by atoms with Crippen LogP contribution in [0.25, 0.3) is 0 Å². The molecule has 0 bridgehead atoms. The number of unbranched alkanes of at least 4 members (excludes halogenated alkanes) is 17. The van der Waals surface area contributed by atoms with E-state index in [0.717, 1.165) is 29.7 Å². The quantitative estimate of drug-likeness (QED) is 0.0778. The van der Waals surface area contributed by atoms with E-state index >= 15 is 0 Å². The first-order chi connectivity index (χ1) is 18.3. The van der Waals surface area contributed by atoms with Crippen molar-refractivity contribution in [3.8, 4) is 0 Å². The summed E-state index contributed by atoms with van der Waals surface area (Å²) in [4.78, 5) is 0. The van der Waals surface area contributed by atoms with Gasteiger partial charge < -0.3 is 34.3 Å². The Labute approximate surface area is 250 Å². The molecule has 0 radical (unpaired) electrons. The maximum absolute atomic E-state index is 11.3. The Hall–Kier alpha value is -1.21. The Morgan fingerprint density at radius 2 is 0.947 bits per heavy atom. The second-order valence-corrected chi connectivity index (χ2v) is 11.0. The maximum Gasteiger partial charge on any atom is 0.183 e. The van der Waals surface area contributed by atoms with Crippen molar-refractivity contribution in [3.05, 3.63) is 65.4 Å². The fourth-order valence-electron chi connectivity index (χ4n) is 5.23. The number of nitrogens with zero attached hydrogens (tertiary/aromatic N) is 2. The fourth-order valence-corrected chi connectivity index (χ4v) is 5.23. The van der Waals surface area contributed by atoms with Crippen molar-refractivity contribution in [2.75, 3.05) is 6.61 Å². The molecule has 2 aromatic heterocycles. The number of aliphatic hydroxyl groups excluding tert-OH is 1. The Morgan fingerprint density at radius 1 is 0.526 bits per heavy atom. The van der Waals surface area contributed by atoms with Crippen LogP contribution < -0.4 is 33.3 Å². The molecule has 0 atom stereocenters. The lowest BCUT2D eigenvalue weighted by Crippen LogP contribution is -3.00.